The van der Waals surface area contributed by atoms with E-state index in [4.69, 9.17) is 4.74 Å². The van der Waals surface area contributed by atoms with Crippen LogP contribution >= 0.6 is 0 Å². The van der Waals surface area contributed by atoms with Crippen molar-refractivity contribution in [2.24, 2.45) is 5.92 Å². The van der Waals surface area contributed by atoms with Gasteiger partial charge in [0.05, 0.1) is 12.1 Å². The van der Waals surface area contributed by atoms with Gasteiger partial charge in [-0.05, 0) is 26.2 Å². The average Bonchev–Trinajstić information content (AvgIpc) is 2.35. The van der Waals surface area contributed by atoms with E-state index in [-0.39, 0.29) is 5.56 Å². The maximum atomic E-state index is 11.6. The summed E-state index contributed by atoms with van der Waals surface area (Å²) >= 11 is 0. The Kier molecular flexibility index (Phi) is 4.22. The van der Waals surface area contributed by atoms with Crippen LogP contribution in [0.15, 0.2) is 35.1 Å². The lowest BCUT2D eigenvalue weighted by atomic mass is 10.2. The van der Waals surface area contributed by atoms with Crippen LogP contribution in [0.5, 0.6) is 5.75 Å². The molecule has 1 atom stereocenters. The minimum atomic E-state index is -0.131. The molecule has 1 aromatic heterocycles. The van der Waals surface area contributed by atoms with Crippen LogP contribution in [0.25, 0.3) is 10.9 Å². The number of benzene rings is 1. The number of aromatic amines is 1. The van der Waals surface area contributed by atoms with Gasteiger partial charge in [0.15, 0.2) is 0 Å². The van der Waals surface area contributed by atoms with Gasteiger partial charge in [-0.2, -0.15) is 0 Å². The highest BCUT2D eigenvalue weighted by molar-refractivity contribution is 5.84. The summed E-state index contributed by atoms with van der Waals surface area (Å²) in [6.45, 7) is 3.70. The number of nitrogens with zero attached hydrogens (tertiary/aromatic N) is 1. The molecule has 0 aliphatic rings. The highest BCUT2D eigenvalue weighted by Gasteiger charge is 2.08. The second kappa shape index (κ2) is 5.89. The summed E-state index contributed by atoms with van der Waals surface area (Å²) in [5.74, 6) is 1.07. The van der Waals surface area contributed by atoms with Crippen molar-refractivity contribution < 1.29 is 4.74 Å². The van der Waals surface area contributed by atoms with Crippen molar-refractivity contribution in [1.29, 1.82) is 0 Å². The maximum absolute atomic E-state index is 11.6. The van der Waals surface area contributed by atoms with Crippen LogP contribution in [0.2, 0.25) is 0 Å². The first-order chi connectivity index (χ1) is 9.06. The van der Waals surface area contributed by atoms with Gasteiger partial charge >= 0.3 is 0 Å². The first-order valence-electron chi connectivity index (χ1n) is 6.46. The number of nitrogens with one attached hydrogen (secondary N) is 1. The van der Waals surface area contributed by atoms with Gasteiger partial charge in [-0.3, -0.25) is 4.79 Å². The van der Waals surface area contributed by atoms with Crippen LogP contribution in [0.4, 0.5) is 0 Å². The number of fused-ring (bicyclic) bond motifs is 1. The second-order valence-corrected chi connectivity index (χ2v) is 5.22. The molecule has 1 N–H and O–H groups in total. The maximum Gasteiger partial charge on any atom is 0.252 e. The van der Waals surface area contributed by atoms with Crippen LogP contribution in [0.3, 0.4) is 0 Å². The molecule has 0 bridgehead atoms. The molecule has 0 radical (unpaired) electrons. The standard InChI is InChI=1S/C15H20N2O2/c1-11(9-17(2)3)10-19-14-8-15(18)16-13-7-5-4-6-12(13)14/h4-8,11H,9-10H2,1-3H3,(H,16,18). The number of H-pyrrole nitrogens is 1. The van der Waals surface area contributed by atoms with Gasteiger partial charge in [-0.25, -0.2) is 0 Å². The Morgan fingerprint density at radius 2 is 2.05 bits per heavy atom. The van der Waals surface area contributed by atoms with Crippen LogP contribution < -0.4 is 10.3 Å². The van der Waals surface area contributed by atoms with Crippen molar-refractivity contribution in [2.75, 3.05) is 27.2 Å². The van der Waals surface area contributed by atoms with E-state index in [2.05, 4.69) is 16.8 Å². The Bertz CT molecular complexity index is 604. The van der Waals surface area contributed by atoms with Crippen molar-refractivity contribution in [3.8, 4) is 5.75 Å². The molecule has 1 aromatic carbocycles. The van der Waals surface area contributed by atoms with Crippen molar-refractivity contribution in [2.45, 2.75) is 6.92 Å². The minimum absolute atomic E-state index is 0.131. The molecule has 0 saturated heterocycles. The molecule has 0 spiro atoms. The second-order valence-electron chi connectivity index (χ2n) is 5.22. The van der Waals surface area contributed by atoms with Gasteiger partial charge in [-0.15, -0.1) is 0 Å². The van der Waals surface area contributed by atoms with E-state index in [1.165, 1.54) is 6.07 Å². The summed E-state index contributed by atoms with van der Waals surface area (Å²) in [5.41, 5.74) is 0.680. The molecule has 0 aliphatic carbocycles. The summed E-state index contributed by atoms with van der Waals surface area (Å²) in [4.78, 5) is 16.5. The molecule has 0 amide bonds. The summed E-state index contributed by atoms with van der Waals surface area (Å²) in [7, 11) is 4.08. The molecule has 0 saturated carbocycles. The molecule has 2 rings (SSSR count). The molecule has 102 valence electrons. The third-order valence-corrected chi connectivity index (χ3v) is 2.91. The van der Waals surface area contributed by atoms with Crippen molar-refractivity contribution in [3.05, 3.63) is 40.7 Å². The molecule has 1 unspecified atom stereocenters. The summed E-state index contributed by atoms with van der Waals surface area (Å²) in [6, 6.07) is 9.20. The first kappa shape index (κ1) is 13.6. The van der Waals surface area contributed by atoms with Gasteiger partial charge in [0, 0.05) is 23.9 Å². The van der Waals surface area contributed by atoms with Crippen molar-refractivity contribution >= 4 is 10.9 Å². The van der Waals surface area contributed by atoms with E-state index in [1.807, 2.05) is 38.4 Å². The minimum Gasteiger partial charge on any atom is -0.492 e. The zero-order chi connectivity index (χ0) is 13.8. The number of ether oxygens (including phenoxy) is 1. The number of pyridine rings is 1. The largest absolute Gasteiger partial charge is 0.492 e. The fourth-order valence-electron chi connectivity index (χ4n) is 2.20. The number of aromatic nitrogens is 1. The topological polar surface area (TPSA) is 45.3 Å². The predicted octanol–water partition coefficient (Wildman–Crippen LogP) is 2.10. The lowest BCUT2D eigenvalue weighted by molar-refractivity contribution is 0.224. The molecule has 19 heavy (non-hydrogen) atoms. The van der Waals surface area contributed by atoms with E-state index >= 15 is 0 Å². The van der Waals surface area contributed by atoms with E-state index in [0.29, 0.717) is 18.3 Å². The molecular formula is C15H20N2O2. The van der Waals surface area contributed by atoms with E-state index in [9.17, 15) is 4.79 Å². The lowest BCUT2D eigenvalue weighted by Gasteiger charge is -2.18. The number of rotatable bonds is 5. The summed E-state index contributed by atoms with van der Waals surface area (Å²) in [6.07, 6.45) is 0. The SMILES string of the molecule is CC(COc1cc(=O)[nH]c2ccccc12)CN(C)C. The Labute approximate surface area is 113 Å². The number of para-hydroxylation sites is 1. The highest BCUT2D eigenvalue weighted by Crippen LogP contribution is 2.22. The predicted molar refractivity (Wildman–Crippen MR) is 77.8 cm³/mol. The van der Waals surface area contributed by atoms with Gasteiger partial charge in [-0.1, -0.05) is 19.1 Å². The van der Waals surface area contributed by atoms with E-state index < -0.39 is 0 Å². The molecule has 4 nitrogen and oxygen atoms in total. The average molecular weight is 260 g/mol. The Morgan fingerprint density at radius 1 is 1.32 bits per heavy atom. The van der Waals surface area contributed by atoms with Gasteiger partial charge < -0.3 is 14.6 Å². The van der Waals surface area contributed by atoms with Gasteiger partial charge in [0.2, 0.25) is 0 Å². The summed E-state index contributed by atoms with van der Waals surface area (Å²) in [5, 5.41) is 0.944. The molecule has 2 aromatic rings. The fraction of sp³-hybridized carbons (Fsp3) is 0.400. The zero-order valence-electron chi connectivity index (χ0n) is 11.6. The Morgan fingerprint density at radius 3 is 2.79 bits per heavy atom. The smallest absolute Gasteiger partial charge is 0.252 e. The van der Waals surface area contributed by atoms with Gasteiger partial charge in [0.1, 0.15) is 5.75 Å². The lowest BCUT2D eigenvalue weighted by Crippen LogP contribution is -2.24. The monoisotopic (exact) mass is 260 g/mol. The van der Waals surface area contributed by atoms with Crippen LogP contribution in [-0.4, -0.2) is 37.1 Å². The normalized spacial score (nSPS) is 12.8. The zero-order valence-corrected chi connectivity index (χ0v) is 11.6. The fourth-order valence-corrected chi connectivity index (χ4v) is 2.20. The van der Waals surface area contributed by atoms with Crippen molar-refractivity contribution in [1.82, 2.24) is 9.88 Å². The Hall–Kier alpha value is -1.81. The van der Waals surface area contributed by atoms with Crippen LogP contribution in [-0.2, 0) is 0 Å². The van der Waals surface area contributed by atoms with Crippen LogP contribution in [0, 0.1) is 5.92 Å². The quantitative estimate of drug-likeness (QED) is 0.895. The molecule has 0 fully saturated rings. The summed E-state index contributed by atoms with van der Waals surface area (Å²) < 4.78 is 5.82. The molecule has 0 aliphatic heterocycles. The third kappa shape index (κ3) is 3.58. The van der Waals surface area contributed by atoms with E-state index in [0.717, 1.165) is 17.4 Å². The number of hydrogen-bond donors (Lipinski definition) is 1. The molecule has 1 heterocycles. The van der Waals surface area contributed by atoms with E-state index in [1.54, 1.807) is 0 Å². The third-order valence-electron chi connectivity index (χ3n) is 2.91. The molecule has 4 heteroatoms. The van der Waals surface area contributed by atoms with Crippen molar-refractivity contribution in [3.63, 3.8) is 0 Å². The first-order valence-corrected chi connectivity index (χ1v) is 6.46. The van der Waals surface area contributed by atoms with Gasteiger partial charge in [0.25, 0.3) is 5.56 Å². The highest BCUT2D eigenvalue weighted by atomic mass is 16.5. The molecular weight excluding hydrogens is 240 g/mol. The Balaban J connectivity index is 2.18. The number of hydrogen-bond acceptors (Lipinski definition) is 3. The van der Waals surface area contributed by atoms with Crippen LogP contribution in [0.1, 0.15) is 6.92 Å².